The van der Waals surface area contributed by atoms with Crippen LogP contribution < -0.4 is 16.0 Å². The van der Waals surface area contributed by atoms with Gasteiger partial charge in [-0.3, -0.25) is 9.78 Å². The number of anilines is 3. The third kappa shape index (κ3) is 4.78. The van der Waals surface area contributed by atoms with Crippen LogP contribution in [-0.4, -0.2) is 28.0 Å². The Balaban J connectivity index is 1.56. The van der Waals surface area contributed by atoms with Gasteiger partial charge >= 0.3 is 0 Å². The molecule has 2 aromatic heterocycles. The first kappa shape index (κ1) is 22.7. The summed E-state index contributed by atoms with van der Waals surface area (Å²) in [5, 5.41) is 13.2. The number of aromatic hydroxyl groups is 1. The number of rotatable bonds is 6. The summed E-state index contributed by atoms with van der Waals surface area (Å²) < 4.78 is 27.5. The number of amides is 1. The Labute approximate surface area is 194 Å². The molecule has 2 heterocycles. The second-order valence-electron chi connectivity index (χ2n) is 7.52. The van der Waals surface area contributed by atoms with Crippen molar-refractivity contribution in [3.8, 4) is 17.0 Å². The smallest absolute Gasteiger partial charge is 0.253 e. The third-order valence-corrected chi connectivity index (χ3v) is 5.29. The van der Waals surface area contributed by atoms with Crippen LogP contribution in [0.3, 0.4) is 0 Å². The number of nitrogen functional groups attached to an aromatic ring is 1. The molecule has 0 spiro atoms. The van der Waals surface area contributed by atoms with E-state index in [1.54, 1.807) is 49.6 Å². The third-order valence-electron chi connectivity index (χ3n) is 5.29. The minimum Gasteiger partial charge on any atom is -0.507 e. The molecule has 34 heavy (non-hydrogen) atoms. The SMILES string of the molecule is CN(c1ccc(O)c(-c2ccc(CNC(=O)c3cccnc3)c(N)n2)c1)c1ccc(F)cc1F. The van der Waals surface area contributed by atoms with Gasteiger partial charge < -0.3 is 21.1 Å². The quantitative estimate of drug-likeness (QED) is 0.393. The van der Waals surface area contributed by atoms with Gasteiger partial charge in [-0.1, -0.05) is 6.07 Å². The second-order valence-corrected chi connectivity index (χ2v) is 7.52. The maximum atomic E-state index is 14.2. The lowest BCUT2D eigenvalue weighted by atomic mass is 10.1. The fraction of sp³-hybridized carbons (Fsp3) is 0.0800. The van der Waals surface area contributed by atoms with E-state index in [0.717, 1.165) is 6.07 Å². The molecule has 0 saturated heterocycles. The van der Waals surface area contributed by atoms with Crippen molar-refractivity contribution in [3.05, 3.63) is 95.8 Å². The van der Waals surface area contributed by atoms with Gasteiger partial charge in [0.2, 0.25) is 0 Å². The number of phenolic OH excluding ortho intramolecular Hbond substituents is 1. The number of aromatic nitrogens is 2. The van der Waals surface area contributed by atoms with Crippen LogP contribution in [0.1, 0.15) is 15.9 Å². The molecule has 0 aliphatic carbocycles. The molecule has 2 aromatic carbocycles. The van der Waals surface area contributed by atoms with E-state index in [2.05, 4.69) is 15.3 Å². The van der Waals surface area contributed by atoms with Crippen molar-refractivity contribution in [2.75, 3.05) is 17.7 Å². The highest BCUT2D eigenvalue weighted by molar-refractivity contribution is 5.93. The van der Waals surface area contributed by atoms with E-state index >= 15 is 0 Å². The number of nitrogens with zero attached hydrogens (tertiary/aromatic N) is 3. The second kappa shape index (κ2) is 9.53. The molecule has 0 saturated carbocycles. The summed E-state index contributed by atoms with van der Waals surface area (Å²) in [6.07, 6.45) is 3.04. The molecule has 4 rings (SSSR count). The highest BCUT2D eigenvalue weighted by Gasteiger charge is 2.15. The molecule has 4 N–H and O–H groups in total. The molecule has 0 bridgehead atoms. The van der Waals surface area contributed by atoms with Crippen LogP contribution in [0.2, 0.25) is 0 Å². The predicted molar refractivity (Wildman–Crippen MR) is 126 cm³/mol. The van der Waals surface area contributed by atoms with Crippen molar-refractivity contribution in [1.82, 2.24) is 15.3 Å². The molecule has 9 heteroatoms. The summed E-state index contributed by atoms with van der Waals surface area (Å²) in [4.78, 5) is 22.0. The Bertz CT molecular complexity index is 1350. The summed E-state index contributed by atoms with van der Waals surface area (Å²) in [6, 6.07) is 14.7. The molecule has 172 valence electrons. The number of nitrogens with two attached hydrogens (primary N) is 1. The first-order valence-electron chi connectivity index (χ1n) is 10.3. The average molecular weight is 461 g/mol. The van der Waals surface area contributed by atoms with Crippen molar-refractivity contribution in [1.29, 1.82) is 0 Å². The van der Waals surface area contributed by atoms with E-state index in [1.165, 1.54) is 29.3 Å². The molecule has 4 aromatic rings. The number of carbonyl (C=O) groups excluding carboxylic acids is 1. The highest BCUT2D eigenvalue weighted by Crippen LogP contribution is 2.35. The lowest BCUT2D eigenvalue weighted by molar-refractivity contribution is 0.0950. The molecular formula is C25H21F2N5O2. The number of halogens is 2. The molecule has 0 aliphatic heterocycles. The van der Waals surface area contributed by atoms with Gasteiger partial charge in [0.1, 0.15) is 23.2 Å². The van der Waals surface area contributed by atoms with Crippen LogP contribution in [0.5, 0.6) is 5.75 Å². The van der Waals surface area contributed by atoms with Gasteiger partial charge in [0.05, 0.1) is 16.9 Å². The van der Waals surface area contributed by atoms with Crippen LogP contribution in [0.25, 0.3) is 11.3 Å². The van der Waals surface area contributed by atoms with Crippen LogP contribution in [0.4, 0.5) is 26.0 Å². The topological polar surface area (TPSA) is 104 Å². The van der Waals surface area contributed by atoms with Gasteiger partial charge in [0, 0.05) is 48.9 Å². The van der Waals surface area contributed by atoms with Crippen LogP contribution in [-0.2, 0) is 6.54 Å². The lowest BCUT2D eigenvalue weighted by Crippen LogP contribution is -2.23. The summed E-state index contributed by atoms with van der Waals surface area (Å²) >= 11 is 0. The lowest BCUT2D eigenvalue weighted by Gasteiger charge is -2.21. The van der Waals surface area contributed by atoms with Gasteiger partial charge in [-0.2, -0.15) is 0 Å². The Morgan fingerprint density at radius 2 is 1.94 bits per heavy atom. The van der Waals surface area contributed by atoms with Crippen LogP contribution >= 0.6 is 0 Å². The summed E-state index contributed by atoms with van der Waals surface area (Å²) in [5.41, 5.74) is 8.62. The normalized spacial score (nSPS) is 10.7. The van der Waals surface area contributed by atoms with Gasteiger partial charge in [0.25, 0.3) is 5.91 Å². The van der Waals surface area contributed by atoms with E-state index in [9.17, 15) is 18.7 Å². The predicted octanol–water partition coefficient (Wildman–Crippen LogP) is 4.41. The largest absolute Gasteiger partial charge is 0.507 e. The number of phenols is 1. The molecule has 7 nitrogen and oxygen atoms in total. The van der Waals surface area contributed by atoms with Crippen molar-refractivity contribution in [3.63, 3.8) is 0 Å². The Morgan fingerprint density at radius 3 is 2.65 bits per heavy atom. The summed E-state index contributed by atoms with van der Waals surface area (Å²) in [5.74, 6) is -1.53. The molecule has 0 aliphatic rings. The van der Waals surface area contributed by atoms with Gasteiger partial charge in [0.15, 0.2) is 0 Å². The van der Waals surface area contributed by atoms with E-state index in [1.807, 2.05) is 0 Å². The van der Waals surface area contributed by atoms with Gasteiger partial charge in [-0.05, 0) is 48.5 Å². The fourth-order valence-corrected chi connectivity index (χ4v) is 3.41. The van der Waals surface area contributed by atoms with Crippen LogP contribution in [0.15, 0.2) is 73.1 Å². The van der Waals surface area contributed by atoms with Crippen molar-refractivity contribution < 1.29 is 18.7 Å². The van der Waals surface area contributed by atoms with E-state index < -0.39 is 11.6 Å². The average Bonchev–Trinajstić information content (AvgIpc) is 2.83. The number of pyridine rings is 2. The molecule has 1 amide bonds. The summed E-state index contributed by atoms with van der Waals surface area (Å²) in [7, 11) is 1.63. The Hall–Kier alpha value is -4.53. The van der Waals surface area contributed by atoms with E-state index in [-0.39, 0.29) is 29.7 Å². The Morgan fingerprint density at radius 1 is 1.12 bits per heavy atom. The fourth-order valence-electron chi connectivity index (χ4n) is 3.41. The Kier molecular flexibility index (Phi) is 6.35. The molecule has 0 fully saturated rings. The monoisotopic (exact) mass is 461 g/mol. The maximum absolute atomic E-state index is 14.2. The zero-order valence-electron chi connectivity index (χ0n) is 18.2. The van der Waals surface area contributed by atoms with Gasteiger partial charge in [-0.15, -0.1) is 0 Å². The van der Waals surface area contributed by atoms with Crippen molar-refractivity contribution in [2.24, 2.45) is 0 Å². The molecular weight excluding hydrogens is 440 g/mol. The number of nitrogens with one attached hydrogen (secondary N) is 1. The van der Waals surface area contributed by atoms with Crippen LogP contribution in [0, 0.1) is 11.6 Å². The minimum absolute atomic E-state index is 0.0405. The number of hydrogen-bond donors (Lipinski definition) is 3. The molecule has 0 atom stereocenters. The summed E-state index contributed by atoms with van der Waals surface area (Å²) in [6.45, 7) is 0.158. The minimum atomic E-state index is -0.711. The first-order chi connectivity index (χ1) is 16.3. The zero-order valence-corrected chi connectivity index (χ0v) is 18.2. The van der Waals surface area contributed by atoms with Crippen molar-refractivity contribution >= 4 is 23.1 Å². The van der Waals surface area contributed by atoms with E-state index in [4.69, 9.17) is 5.73 Å². The molecule has 0 unspecified atom stereocenters. The standard InChI is InChI=1S/C25H21F2N5O2/c1-32(22-8-5-17(26)11-20(22)27)18-6-9-23(33)19(12-18)21-7-4-15(24(28)31-21)14-30-25(34)16-3-2-10-29-13-16/h2-13,33H,14H2,1H3,(H2,28,31)(H,30,34). The van der Waals surface area contributed by atoms with E-state index in [0.29, 0.717) is 28.1 Å². The highest BCUT2D eigenvalue weighted by atomic mass is 19.1. The van der Waals surface area contributed by atoms with Gasteiger partial charge in [-0.25, -0.2) is 13.8 Å². The van der Waals surface area contributed by atoms with Crippen molar-refractivity contribution in [2.45, 2.75) is 6.54 Å². The zero-order chi connectivity index (χ0) is 24.2. The number of hydrogen-bond acceptors (Lipinski definition) is 6. The molecule has 0 radical (unpaired) electrons. The number of carbonyl (C=O) groups is 1. The maximum Gasteiger partial charge on any atom is 0.253 e. The number of benzene rings is 2. The first-order valence-corrected chi connectivity index (χ1v) is 10.3.